The van der Waals surface area contributed by atoms with Crippen LogP contribution in [0.2, 0.25) is 0 Å². The van der Waals surface area contributed by atoms with Crippen molar-refractivity contribution in [3.05, 3.63) is 77.9 Å². The van der Waals surface area contributed by atoms with Gasteiger partial charge in [-0.3, -0.25) is 4.79 Å². The van der Waals surface area contributed by atoms with E-state index in [1.165, 1.54) is 6.92 Å². The molecule has 0 aliphatic heterocycles. The van der Waals surface area contributed by atoms with Crippen LogP contribution in [0.15, 0.2) is 66.7 Å². The highest BCUT2D eigenvalue weighted by molar-refractivity contribution is 5.93. The van der Waals surface area contributed by atoms with E-state index in [9.17, 15) is 9.59 Å². The number of fused-ring (bicyclic) bond motifs is 1. The molecule has 4 heteroatoms. The average molecular weight is 320 g/mol. The summed E-state index contributed by atoms with van der Waals surface area (Å²) in [5.41, 5.74) is 1.13. The SMILES string of the molecule is CC(=O)Oc1ccccc1C(=O)OCc1ccc2ccccc2c1. The Labute approximate surface area is 139 Å². The number of esters is 2. The minimum Gasteiger partial charge on any atom is -0.457 e. The molecule has 120 valence electrons. The van der Waals surface area contributed by atoms with Crippen LogP contribution in [0.5, 0.6) is 5.75 Å². The summed E-state index contributed by atoms with van der Waals surface area (Å²) < 4.78 is 10.4. The molecule has 0 aromatic heterocycles. The molecule has 3 aromatic rings. The fourth-order valence-corrected chi connectivity index (χ4v) is 2.43. The normalized spacial score (nSPS) is 10.4. The maximum atomic E-state index is 12.3. The van der Waals surface area contributed by atoms with Crippen molar-refractivity contribution in [2.45, 2.75) is 13.5 Å². The van der Waals surface area contributed by atoms with Crippen LogP contribution in [-0.4, -0.2) is 11.9 Å². The number of rotatable bonds is 4. The number of benzene rings is 3. The van der Waals surface area contributed by atoms with Gasteiger partial charge in [-0.25, -0.2) is 4.79 Å². The van der Waals surface area contributed by atoms with Gasteiger partial charge in [0.05, 0.1) is 0 Å². The summed E-state index contributed by atoms with van der Waals surface area (Å²) in [5.74, 6) is -0.807. The molecule has 0 unspecified atom stereocenters. The Morgan fingerprint density at radius 1 is 0.875 bits per heavy atom. The van der Waals surface area contributed by atoms with Gasteiger partial charge in [0, 0.05) is 6.92 Å². The zero-order valence-corrected chi connectivity index (χ0v) is 13.2. The highest BCUT2D eigenvalue weighted by atomic mass is 16.5. The molecule has 0 amide bonds. The van der Waals surface area contributed by atoms with E-state index in [0.717, 1.165) is 16.3 Å². The van der Waals surface area contributed by atoms with E-state index in [1.807, 2.05) is 42.5 Å². The van der Waals surface area contributed by atoms with Gasteiger partial charge in [-0.2, -0.15) is 0 Å². The zero-order chi connectivity index (χ0) is 16.9. The first-order chi connectivity index (χ1) is 11.6. The average Bonchev–Trinajstić information content (AvgIpc) is 2.59. The van der Waals surface area contributed by atoms with Crippen LogP contribution in [0.3, 0.4) is 0 Å². The third kappa shape index (κ3) is 3.60. The lowest BCUT2D eigenvalue weighted by Gasteiger charge is -2.09. The standard InChI is InChI=1S/C20H16O4/c1-14(21)24-19-9-5-4-8-18(19)20(22)23-13-15-10-11-16-6-2-3-7-17(16)12-15/h2-12H,13H2,1H3. The van der Waals surface area contributed by atoms with Crippen LogP contribution >= 0.6 is 0 Å². The van der Waals surface area contributed by atoms with Crippen LogP contribution in [0.4, 0.5) is 0 Å². The van der Waals surface area contributed by atoms with Crippen molar-refractivity contribution in [1.29, 1.82) is 0 Å². The fraction of sp³-hybridized carbons (Fsp3) is 0.100. The maximum Gasteiger partial charge on any atom is 0.342 e. The Bertz CT molecular complexity index is 899. The van der Waals surface area contributed by atoms with Crippen molar-refractivity contribution < 1.29 is 19.1 Å². The summed E-state index contributed by atoms with van der Waals surface area (Å²) in [6.45, 7) is 1.44. The smallest absolute Gasteiger partial charge is 0.342 e. The summed E-state index contributed by atoms with van der Waals surface area (Å²) in [6, 6.07) is 20.4. The Balaban J connectivity index is 1.74. The topological polar surface area (TPSA) is 52.6 Å². The number of ether oxygens (including phenoxy) is 2. The van der Waals surface area contributed by atoms with E-state index >= 15 is 0 Å². The van der Waals surface area contributed by atoms with Crippen LogP contribution in [0, 0.1) is 0 Å². The predicted octanol–water partition coefficient (Wildman–Crippen LogP) is 4.12. The molecule has 4 nitrogen and oxygen atoms in total. The van der Waals surface area contributed by atoms with Gasteiger partial charge in [0.25, 0.3) is 0 Å². The predicted molar refractivity (Wildman–Crippen MR) is 90.8 cm³/mol. The van der Waals surface area contributed by atoms with Gasteiger partial charge >= 0.3 is 11.9 Å². The summed E-state index contributed by atoms with van der Waals surface area (Å²) in [6.07, 6.45) is 0. The van der Waals surface area contributed by atoms with Crippen molar-refractivity contribution in [1.82, 2.24) is 0 Å². The Morgan fingerprint density at radius 3 is 2.38 bits per heavy atom. The summed E-state index contributed by atoms with van der Waals surface area (Å²) in [4.78, 5) is 23.4. The van der Waals surface area contributed by atoms with Gasteiger partial charge in [-0.1, -0.05) is 48.5 Å². The molecule has 0 aliphatic rings. The number of hydrogen-bond donors (Lipinski definition) is 0. The van der Waals surface area contributed by atoms with Crippen LogP contribution < -0.4 is 4.74 Å². The lowest BCUT2D eigenvalue weighted by Crippen LogP contribution is -2.10. The summed E-state index contributed by atoms with van der Waals surface area (Å²) in [7, 11) is 0. The Kier molecular flexibility index (Phi) is 4.57. The molecule has 0 radical (unpaired) electrons. The Hall–Kier alpha value is -3.14. The molecular weight excluding hydrogens is 304 g/mol. The highest BCUT2D eigenvalue weighted by Gasteiger charge is 2.15. The molecule has 0 N–H and O–H groups in total. The van der Waals surface area contributed by atoms with Crippen molar-refractivity contribution in [3.63, 3.8) is 0 Å². The van der Waals surface area contributed by atoms with E-state index < -0.39 is 11.9 Å². The molecular formula is C20H16O4. The first-order valence-electron chi connectivity index (χ1n) is 7.56. The molecule has 0 atom stereocenters. The molecule has 3 aromatic carbocycles. The molecule has 3 rings (SSSR count). The van der Waals surface area contributed by atoms with Crippen LogP contribution in [0.25, 0.3) is 10.8 Å². The van der Waals surface area contributed by atoms with E-state index in [-0.39, 0.29) is 17.9 Å². The zero-order valence-electron chi connectivity index (χ0n) is 13.2. The van der Waals surface area contributed by atoms with E-state index in [1.54, 1.807) is 24.3 Å². The van der Waals surface area contributed by atoms with Gasteiger partial charge < -0.3 is 9.47 Å². The molecule has 0 spiro atoms. The molecule has 0 fully saturated rings. The van der Waals surface area contributed by atoms with Gasteiger partial charge in [-0.05, 0) is 34.5 Å². The number of carbonyl (C=O) groups is 2. The van der Waals surface area contributed by atoms with Gasteiger partial charge in [0.1, 0.15) is 17.9 Å². The minimum atomic E-state index is -0.528. The number of carbonyl (C=O) groups excluding carboxylic acids is 2. The van der Waals surface area contributed by atoms with Crippen molar-refractivity contribution in [2.75, 3.05) is 0 Å². The second kappa shape index (κ2) is 6.96. The molecule has 0 bridgehead atoms. The first-order valence-corrected chi connectivity index (χ1v) is 7.56. The van der Waals surface area contributed by atoms with Gasteiger partial charge in [-0.15, -0.1) is 0 Å². The maximum absolute atomic E-state index is 12.3. The second-order valence-corrected chi connectivity index (χ2v) is 5.35. The van der Waals surface area contributed by atoms with Crippen molar-refractivity contribution in [2.24, 2.45) is 0 Å². The number of para-hydroxylation sites is 1. The summed E-state index contributed by atoms with van der Waals surface area (Å²) >= 11 is 0. The lowest BCUT2D eigenvalue weighted by molar-refractivity contribution is -0.131. The van der Waals surface area contributed by atoms with E-state index in [2.05, 4.69) is 0 Å². The monoisotopic (exact) mass is 320 g/mol. The lowest BCUT2D eigenvalue weighted by atomic mass is 10.1. The Morgan fingerprint density at radius 2 is 1.58 bits per heavy atom. The molecule has 0 aliphatic carbocycles. The summed E-state index contributed by atoms with van der Waals surface area (Å²) in [5, 5.41) is 2.22. The quantitative estimate of drug-likeness (QED) is 0.536. The van der Waals surface area contributed by atoms with E-state index in [4.69, 9.17) is 9.47 Å². The third-order valence-corrected chi connectivity index (χ3v) is 3.54. The number of hydrogen-bond acceptors (Lipinski definition) is 4. The highest BCUT2D eigenvalue weighted by Crippen LogP contribution is 2.21. The molecule has 0 saturated carbocycles. The van der Waals surface area contributed by atoms with E-state index in [0.29, 0.717) is 0 Å². The fourth-order valence-electron chi connectivity index (χ4n) is 2.43. The molecule has 0 heterocycles. The minimum absolute atomic E-state index is 0.151. The van der Waals surface area contributed by atoms with Crippen molar-refractivity contribution in [3.8, 4) is 5.75 Å². The van der Waals surface area contributed by atoms with Gasteiger partial charge in [0.15, 0.2) is 0 Å². The molecule has 0 saturated heterocycles. The third-order valence-electron chi connectivity index (χ3n) is 3.54. The van der Waals surface area contributed by atoms with Crippen LogP contribution in [-0.2, 0) is 16.1 Å². The largest absolute Gasteiger partial charge is 0.457 e. The first kappa shape index (κ1) is 15.7. The molecule has 24 heavy (non-hydrogen) atoms. The second-order valence-electron chi connectivity index (χ2n) is 5.35. The van der Waals surface area contributed by atoms with Crippen molar-refractivity contribution >= 4 is 22.7 Å². The van der Waals surface area contributed by atoms with Gasteiger partial charge in [0.2, 0.25) is 0 Å². The van der Waals surface area contributed by atoms with Crippen LogP contribution in [0.1, 0.15) is 22.8 Å².